The molecular formula is C25H24ClN3O. The Morgan fingerprint density at radius 3 is 2.47 bits per heavy atom. The fourth-order valence-corrected chi connectivity index (χ4v) is 3.87. The number of rotatable bonds is 7. The number of para-hydroxylation sites is 2. The Hall–Kier alpha value is -3.11. The highest BCUT2D eigenvalue weighted by molar-refractivity contribution is 6.31. The van der Waals surface area contributed by atoms with Crippen molar-refractivity contribution in [3.05, 3.63) is 101 Å². The van der Waals surface area contributed by atoms with Crippen molar-refractivity contribution in [2.45, 2.75) is 25.9 Å². The van der Waals surface area contributed by atoms with Gasteiger partial charge in [0.2, 0.25) is 5.91 Å². The Kier molecular flexibility index (Phi) is 6.15. The van der Waals surface area contributed by atoms with Crippen molar-refractivity contribution in [1.29, 1.82) is 0 Å². The number of nitrogens with zero attached hydrogens (tertiary/aromatic N) is 3. The van der Waals surface area contributed by atoms with Crippen LogP contribution in [0.4, 0.5) is 0 Å². The monoisotopic (exact) mass is 417 g/mol. The van der Waals surface area contributed by atoms with E-state index in [0.717, 1.165) is 33.0 Å². The molecule has 0 N–H and O–H groups in total. The number of hydrogen-bond donors (Lipinski definition) is 0. The van der Waals surface area contributed by atoms with Crippen molar-refractivity contribution in [1.82, 2.24) is 14.5 Å². The highest BCUT2D eigenvalue weighted by Gasteiger charge is 2.15. The molecule has 0 atom stereocenters. The highest BCUT2D eigenvalue weighted by atomic mass is 35.5. The summed E-state index contributed by atoms with van der Waals surface area (Å²) in [7, 11) is 1.85. The average molecular weight is 418 g/mol. The van der Waals surface area contributed by atoms with Crippen LogP contribution in [0.15, 0.2) is 78.9 Å². The van der Waals surface area contributed by atoms with Crippen molar-refractivity contribution < 1.29 is 4.79 Å². The largest absolute Gasteiger partial charge is 0.341 e. The van der Waals surface area contributed by atoms with Gasteiger partial charge in [0, 0.05) is 38.0 Å². The molecule has 0 unspecified atom stereocenters. The van der Waals surface area contributed by atoms with Gasteiger partial charge in [0.05, 0.1) is 11.0 Å². The van der Waals surface area contributed by atoms with E-state index in [4.69, 9.17) is 16.6 Å². The van der Waals surface area contributed by atoms with Crippen molar-refractivity contribution in [3.63, 3.8) is 0 Å². The topological polar surface area (TPSA) is 38.1 Å². The van der Waals surface area contributed by atoms with E-state index in [1.54, 1.807) is 4.90 Å². The van der Waals surface area contributed by atoms with Gasteiger partial charge in [-0.3, -0.25) is 4.79 Å². The minimum atomic E-state index is 0.111. The van der Waals surface area contributed by atoms with Crippen molar-refractivity contribution >= 4 is 28.5 Å². The van der Waals surface area contributed by atoms with E-state index in [-0.39, 0.29) is 5.91 Å². The number of halogens is 1. The second kappa shape index (κ2) is 9.14. The molecule has 152 valence electrons. The van der Waals surface area contributed by atoms with Gasteiger partial charge in [-0.05, 0) is 29.3 Å². The molecule has 1 heterocycles. The molecule has 0 spiro atoms. The van der Waals surface area contributed by atoms with Crippen LogP contribution in [0.25, 0.3) is 11.0 Å². The van der Waals surface area contributed by atoms with E-state index in [1.807, 2.05) is 79.8 Å². The second-order valence-electron chi connectivity index (χ2n) is 7.42. The lowest BCUT2D eigenvalue weighted by atomic mass is 10.1. The van der Waals surface area contributed by atoms with Gasteiger partial charge in [0.25, 0.3) is 0 Å². The first-order chi connectivity index (χ1) is 14.6. The van der Waals surface area contributed by atoms with Crippen LogP contribution in [0.1, 0.15) is 23.4 Å². The molecule has 30 heavy (non-hydrogen) atoms. The number of hydrogen-bond acceptors (Lipinski definition) is 2. The third-order valence-corrected chi connectivity index (χ3v) is 5.65. The maximum atomic E-state index is 12.8. The number of fused-ring (bicyclic) bond motifs is 1. The smallest absolute Gasteiger partial charge is 0.224 e. The summed E-state index contributed by atoms with van der Waals surface area (Å²) in [6.07, 6.45) is 1.04. The molecule has 0 radical (unpaired) electrons. The van der Waals surface area contributed by atoms with Crippen LogP contribution in [-0.2, 0) is 24.3 Å². The summed E-state index contributed by atoms with van der Waals surface area (Å²) in [4.78, 5) is 19.4. The van der Waals surface area contributed by atoms with E-state index in [9.17, 15) is 4.79 Å². The predicted octanol–water partition coefficient (Wildman–Crippen LogP) is 5.33. The molecule has 4 nitrogen and oxygen atoms in total. The average Bonchev–Trinajstić information content (AvgIpc) is 3.11. The fraction of sp³-hybridized carbons (Fsp3) is 0.200. The molecule has 4 rings (SSSR count). The zero-order valence-electron chi connectivity index (χ0n) is 17.0. The summed E-state index contributed by atoms with van der Waals surface area (Å²) < 4.78 is 2.15. The number of amides is 1. The summed E-state index contributed by atoms with van der Waals surface area (Å²) in [5.41, 5.74) is 4.13. The highest BCUT2D eigenvalue weighted by Crippen LogP contribution is 2.23. The SMILES string of the molecule is CN(Cc1ccccc1)C(=O)CCn1c(Cc2ccccc2Cl)nc2ccccc21. The van der Waals surface area contributed by atoms with Crippen LogP contribution >= 0.6 is 11.6 Å². The molecule has 1 aromatic heterocycles. The molecule has 0 aliphatic carbocycles. The minimum absolute atomic E-state index is 0.111. The molecule has 5 heteroatoms. The van der Waals surface area contributed by atoms with Gasteiger partial charge in [0.1, 0.15) is 5.82 Å². The van der Waals surface area contributed by atoms with E-state index >= 15 is 0 Å². The van der Waals surface area contributed by atoms with Crippen LogP contribution in [0.2, 0.25) is 5.02 Å². The summed E-state index contributed by atoms with van der Waals surface area (Å²) >= 11 is 6.37. The van der Waals surface area contributed by atoms with Crippen molar-refractivity contribution in [2.75, 3.05) is 7.05 Å². The molecule has 0 bridgehead atoms. The quantitative estimate of drug-likeness (QED) is 0.407. The number of carbonyl (C=O) groups is 1. The molecule has 0 saturated carbocycles. The lowest BCUT2D eigenvalue weighted by Crippen LogP contribution is -2.27. The summed E-state index contributed by atoms with van der Waals surface area (Å²) in [5.74, 6) is 1.03. The maximum Gasteiger partial charge on any atom is 0.224 e. The number of carbonyl (C=O) groups excluding carboxylic acids is 1. The van der Waals surface area contributed by atoms with Gasteiger partial charge in [0.15, 0.2) is 0 Å². The first-order valence-corrected chi connectivity index (χ1v) is 10.4. The van der Waals surface area contributed by atoms with E-state index < -0.39 is 0 Å². The lowest BCUT2D eigenvalue weighted by molar-refractivity contribution is -0.130. The first kappa shape index (κ1) is 20.2. The summed E-state index contributed by atoms with van der Waals surface area (Å²) in [5, 5.41) is 0.731. The van der Waals surface area contributed by atoms with Gasteiger partial charge >= 0.3 is 0 Å². The molecule has 4 aromatic rings. The Morgan fingerprint density at radius 1 is 0.967 bits per heavy atom. The Balaban J connectivity index is 1.53. The van der Waals surface area contributed by atoms with Crippen LogP contribution in [0, 0.1) is 0 Å². The third-order valence-electron chi connectivity index (χ3n) is 5.28. The summed E-state index contributed by atoms with van der Waals surface area (Å²) in [6.45, 7) is 1.19. The third kappa shape index (κ3) is 4.55. The van der Waals surface area contributed by atoms with Crippen molar-refractivity contribution in [3.8, 4) is 0 Å². The molecule has 0 fully saturated rings. The molecular weight excluding hydrogens is 394 g/mol. The van der Waals surface area contributed by atoms with Gasteiger partial charge < -0.3 is 9.47 Å². The predicted molar refractivity (Wildman–Crippen MR) is 122 cm³/mol. The second-order valence-corrected chi connectivity index (χ2v) is 7.83. The number of benzene rings is 3. The number of aromatic nitrogens is 2. The maximum absolute atomic E-state index is 12.8. The molecule has 0 saturated heterocycles. The lowest BCUT2D eigenvalue weighted by Gasteiger charge is -2.18. The van der Waals surface area contributed by atoms with Gasteiger partial charge in [-0.15, -0.1) is 0 Å². The van der Waals surface area contributed by atoms with Crippen molar-refractivity contribution in [2.24, 2.45) is 0 Å². The van der Waals surface area contributed by atoms with E-state index in [1.165, 1.54) is 0 Å². The minimum Gasteiger partial charge on any atom is -0.341 e. The van der Waals surface area contributed by atoms with E-state index in [2.05, 4.69) is 10.6 Å². The Morgan fingerprint density at radius 2 is 1.67 bits per heavy atom. The van der Waals surface area contributed by atoms with Crippen LogP contribution in [0.3, 0.4) is 0 Å². The van der Waals surface area contributed by atoms with Crippen LogP contribution < -0.4 is 0 Å². The molecule has 1 amide bonds. The normalized spacial score (nSPS) is 11.0. The summed E-state index contributed by atoms with van der Waals surface area (Å²) in [6, 6.07) is 25.9. The first-order valence-electron chi connectivity index (χ1n) is 10.1. The van der Waals surface area contributed by atoms with E-state index in [0.29, 0.717) is 25.9 Å². The zero-order chi connectivity index (χ0) is 20.9. The van der Waals surface area contributed by atoms with Crippen LogP contribution in [0.5, 0.6) is 0 Å². The van der Waals surface area contributed by atoms with Gasteiger partial charge in [-0.2, -0.15) is 0 Å². The van der Waals surface area contributed by atoms with Gasteiger partial charge in [-0.1, -0.05) is 72.3 Å². The Bertz CT molecular complexity index is 1150. The number of imidazole rings is 1. The molecule has 3 aromatic carbocycles. The van der Waals surface area contributed by atoms with Crippen LogP contribution in [-0.4, -0.2) is 27.4 Å². The fourth-order valence-electron chi connectivity index (χ4n) is 3.67. The Labute approximate surface area is 181 Å². The number of aryl methyl sites for hydroxylation is 1. The standard InChI is InChI=1S/C25H24ClN3O/c1-28(18-19-9-3-2-4-10-19)25(30)15-16-29-23-14-8-7-13-22(23)27-24(29)17-20-11-5-6-12-21(20)26/h2-14H,15-18H2,1H3. The zero-order valence-corrected chi connectivity index (χ0v) is 17.7. The van der Waals surface area contributed by atoms with Gasteiger partial charge in [-0.25, -0.2) is 4.98 Å². The molecule has 0 aliphatic heterocycles. The molecule has 0 aliphatic rings.